The Morgan fingerprint density at radius 2 is 2.25 bits per heavy atom. The summed E-state index contributed by atoms with van der Waals surface area (Å²) in [7, 11) is 1.90. The molecule has 0 amide bonds. The van der Waals surface area contributed by atoms with Gasteiger partial charge in [0.25, 0.3) is 5.56 Å². The van der Waals surface area contributed by atoms with E-state index < -0.39 is 0 Å². The molecular weight excluding hydrogens is 304 g/mol. The number of aromatic amines is 1. The molecule has 0 aliphatic carbocycles. The van der Waals surface area contributed by atoms with E-state index in [9.17, 15) is 4.79 Å². The Balaban J connectivity index is 2.03. The fourth-order valence-electron chi connectivity index (χ4n) is 3.45. The average molecular weight is 324 g/mol. The van der Waals surface area contributed by atoms with Crippen molar-refractivity contribution < 1.29 is 4.74 Å². The van der Waals surface area contributed by atoms with Crippen molar-refractivity contribution in [3.05, 3.63) is 46.1 Å². The van der Waals surface area contributed by atoms with Gasteiger partial charge in [0.05, 0.1) is 23.4 Å². The van der Waals surface area contributed by atoms with Gasteiger partial charge in [0, 0.05) is 30.8 Å². The molecule has 3 aromatic rings. The molecule has 2 aromatic heterocycles. The van der Waals surface area contributed by atoms with Crippen LogP contribution in [0.5, 0.6) is 0 Å². The van der Waals surface area contributed by atoms with Crippen LogP contribution in [-0.4, -0.2) is 26.6 Å². The molecular formula is C18H20N4O2. The molecule has 1 N–H and O–H groups in total. The number of benzene rings is 1. The lowest BCUT2D eigenvalue weighted by atomic mass is 9.93. The van der Waals surface area contributed by atoms with Crippen LogP contribution in [0.3, 0.4) is 0 Å². The molecule has 1 aliphatic rings. The van der Waals surface area contributed by atoms with Crippen molar-refractivity contribution in [2.75, 3.05) is 6.61 Å². The number of aromatic nitrogens is 4. The highest BCUT2D eigenvalue weighted by Gasteiger charge is 2.23. The lowest BCUT2D eigenvalue weighted by molar-refractivity contribution is 0.112. The van der Waals surface area contributed by atoms with Gasteiger partial charge >= 0.3 is 0 Å². The van der Waals surface area contributed by atoms with Gasteiger partial charge in [-0.15, -0.1) is 0 Å². The second kappa shape index (κ2) is 5.87. The quantitative estimate of drug-likeness (QED) is 0.804. The Kier molecular flexibility index (Phi) is 3.69. The number of fused-ring (bicyclic) bond motifs is 1. The second-order valence-corrected chi connectivity index (χ2v) is 6.24. The Bertz CT molecular complexity index is 951. The minimum atomic E-state index is -0.154. The number of aryl methyl sites for hydroxylation is 2. The summed E-state index contributed by atoms with van der Waals surface area (Å²) in [5, 5.41) is 12.7. The highest BCUT2D eigenvalue weighted by molar-refractivity contribution is 5.90. The van der Waals surface area contributed by atoms with Crippen molar-refractivity contribution in [2.45, 2.75) is 32.3 Å². The van der Waals surface area contributed by atoms with E-state index in [-0.39, 0.29) is 11.7 Å². The number of nitrogens with one attached hydrogen (secondary N) is 1. The van der Waals surface area contributed by atoms with Gasteiger partial charge in [-0.2, -0.15) is 10.2 Å². The van der Waals surface area contributed by atoms with Gasteiger partial charge in [0.2, 0.25) is 0 Å². The van der Waals surface area contributed by atoms with Crippen LogP contribution in [-0.2, 0) is 18.2 Å². The van der Waals surface area contributed by atoms with Gasteiger partial charge < -0.3 is 4.74 Å². The molecule has 1 unspecified atom stereocenters. The predicted octanol–water partition coefficient (Wildman–Crippen LogP) is 2.74. The van der Waals surface area contributed by atoms with Gasteiger partial charge in [0.15, 0.2) is 0 Å². The summed E-state index contributed by atoms with van der Waals surface area (Å²) in [6, 6.07) is 4.05. The predicted molar refractivity (Wildman–Crippen MR) is 91.9 cm³/mol. The van der Waals surface area contributed by atoms with E-state index in [1.54, 1.807) is 4.68 Å². The number of hydrogen-bond acceptors (Lipinski definition) is 4. The normalized spacial score (nSPS) is 17.7. The number of ether oxygens (including phenoxy) is 1. The maximum absolute atomic E-state index is 12.3. The zero-order valence-electron chi connectivity index (χ0n) is 13.9. The van der Waals surface area contributed by atoms with Crippen molar-refractivity contribution in [1.82, 2.24) is 20.0 Å². The first kappa shape index (κ1) is 15.1. The lowest BCUT2D eigenvalue weighted by Crippen LogP contribution is -2.12. The smallest absolute Gasteiger partial charge is 0.272 e. The summed E-state index contributed by atoms with van der Waals surface area (Å²) in [6.07, 6.45) is 6.66. The van der Waals surface area contributed by atoms with Gasteiger partial charge in [-0.1, -0.05) is 6.92 Å². The maximum atomic E-state index is 12.3. The zero-order chi connectivity index (χ0) is 16.7. The highest BCUT2D eigenvalue weighted by Crippen LogP contribution is 2.37. The fourth-order valence-corrected chi connectivity index (χ4v) is 3.45. The molecule has 4 rings (SSSR count). The molecule has 0 spiro atoms. The molecule has 1 fully saturated rings. The van der Waals surface area contributed by atoms with E-state index in [1.165, 1.54) is 0 Å². The van der Waals surface area contributed by atoms with E-state index >= 15 is 0 Å². The molecule has 0 radical (unpaired) electrons. The lowest BCUT2D eigenvalue weighted by Gasteiger charge is -2.16. The third kappa shape index (κ3) is 2.43. The number of rotatable bonds is 3. The van der Waals surface area contributed by atoms with Gasteiger partial charge in [0.1, 0.15) is 0 Å². The summed E-state index contributed by atoms with van der Waals surface area (Å²) in [4.78, 5) is 12.3. The van der Waals surface area contributed by atoms with Crippen LogP contribution in [0.4, 0.5) is 0 Å². The third-order valence-electron chi connectivity index (χ3n) is 4.66. The van der Waals surface area contributed by atoms with Gasteiger partial charge in [-0.3, -0.25) is 9.48 Å². The Hall–Kier alpha value is -2.47. The first-order valence-corrected chi connectivity index (χ1v) is 8.33. The van der Waals surface area contributed by atoms with Crippen LogP contribution in [0.2, 0.25) is 0 Å². The molecule has 6 heteroatoms. The van der Waals surface area contributed by atoms with Crippen molar-refractivity contribution in [3.63, 3.8) is 0 Å². The topological polar surface area (TPSA) is 72.8 Å². The minimum absolute atomic E-state index is 0.0299. The molecule has 6 nitrogen and oxygen atoms in total. The summed E-state index contributed by atoms with van der Waals surface area (Å²) in [5.74, 6) is 0. The molecule has 1 aliphatic heterocycles. The van der Waals surface area contributed by atoms with E-state index in [1.807, 2.05) is 32.4 Å². The number of H-pyrrole nitrogens is 1. The van der Waals surface area contributed by atoms with E-state index in [0.717, 1.165) is 53.6 Å². The summed E-state index contributed by atoms with van der Waals surface area (Å²) in [5.41, 5.74) is 3.91. The largest absolute Gasteiger partial charge is 0.374 e. The molecule has 0 saturated carbocycles. The standard InChI is InChI=1S/C18H20N4O2/c1-3-16-13-7-12(11-9-19-22(2)10-11)14(17-5-4-6-24-17)8-15(13)18(23)21-20-16/h7-10,17H,3-6H2,1-2H3,(H,21,23). The summed E-state index contributed by atoms with van der Waals surface area (Å²) in [6.45, 7) is 2.81. The maximum Gasteiger partial charge on any atom is 0.272 e. The molecule has 0 bridgehead atoms. The Labute approximate surface area is 139 Å². The fraction of sp³-hybridized carbons (Fsp3) is 0.389. The van der Waals surface area contributed by atoms with E-state index in [2.05, 4.69) is 21.4 Å². The van der Waals surface area contributed by atoms with Crippen LogP contribution >= 0.6 is 0 Å². The van der Waals surface area contributed by atoms with E-state index in [0.29, 0.717) is 5.39 Å². The molecule has 1 atom stereocenters. The van der Waals surface area contributed by atoms with Crippen LogP contribution < -0.4 is 5.56 Å². The van der Waals surface area contributed by atoms with Crippen molar-refractivity contribution >= 4 is 10.8 Å². The van der Waals surface area contributed by atoms with Gasteiger partial charge in [-0.25, -0.2) is 5.10 Å². The number of nitrogens with zero attached hydrogens (tertiary/aromatic N) is 3. The second-order valence-electron chi connectivity index (χ2n) is 6.24. The monoisotopic (exact) mass is 324 g/mol. The van der Waals surface area contributed by atoms with Crippen molar-refractivity contribution in [2.24, 2.45) is 7.05 Å². The minimum Gasteiger partial charge on any atom is -0.374 e. The van der Waals surface area contributed by atoms with Crippen LogP contribution in [0.25, 0.3) is 21.9 Å². The third-order valence-corrected chi connectivity index (χ3v) is 4.66. The Morgan fingerprint density at radius 1 is 1.38 bits per heavy atom. The molecule has 1 saturated heterocycles. The molecule has 24 heavy (non-hydrogen) atoms. The Morgan fingerprint density at radius 3 is 2.92 bits per heavy atom. The summed E-state index contributed by atoms with van der Waals surface area (Å²) < 4.78 is 7.69. The molecule has 3 heterocycles. The number of hydrogen-bond donors (Lipinski definition) is 1. The SMILES string of the molecule is CCc1n[nH]c(=O)c2cc(C3CCCO3)c(-c3cnn(C)c3)cc12. The van der Waals surface area contributed by atoms with Crippen molar-refractivity contribution in [1.29, 1.82) is 0 Å². The van der Waals surface area contributed by atoms with Gasteiger partial charge in [-0.05, 0) is 42.5 Å². The first-order valence-electron chi connectivity index (χ1n) is 8.33. The molecule has 1 aromatic carbocycles. The summed E-state index contributed by atoms with van der Waals surface area (Å²) >= 11 is 0. The van der Waals surface area contributed by atoms with E-state index in [4.69, 9.17) is 4.74 Å². The van der Waals surface area contributed by atoms with Crippen LogP contribution in [0.1, 0.15) is 37.1 Å². The zero-order valence-corrected chi connectivity index (χ0v) is 13.9. The van der Waals surface area contributed by atoms with Crippen LogP contribution in [0.15, 0.2) is 29.3 Å². The van der Waals surface area contributed by atoms with Crippen molar-refractivity contribution in [3.8, 4) is 11.1 Å². The van der Waals surface area contributed by atoms with Crippen LogP contribution in [0, 0.1) is 0 Å². The average Bonchev–Trinajstić information content (AvgIpc) is 3.26. The highest BCUT2D eigenvalue weighted by atomic mass is 16.5. The first-order chi connectivity index (χ1) is 11.7. The molecule has 124 valence electrons.